The number of hydrogen-bond acceptors (Lipinski definition) is 8. The molecule has 5 heterocycles. The lowest BCUT2D eigenvalue weighted by Gasteiger charge is -2.37. The Morgan fingerprint density at radius 1 is 0.745 bits per heavy atom. The van der Waals surface area contributed by atoms with Crippen LogP contribution in [-0.4, -0.2) is 56.9 Å². The van der Waals surface area contributed by atoms with Crippen molar-refractivity contribution in [2.75, 3.05) is 41.1 Å². The van der Waals surface area contributed by atoms with Crippen molar-refractivity contribution in [2.24, 2.45) is 0 Å². The van der Waals surface area contributed by atoms with Crippen LogP contribution in [0.2, 0.25) is 0 Å². The predicted octanol–water partition coefficient (Wildman–Crippen LogP) is 6.79. The Morgan fingerprint density at radius 2 is 1.49 bits per heavy atom. The summed E-state index contributed by atoms with van der Waals surface area (Å²) in [5, 5.41) is 0. The third kappa shape index (κ3) is 5.19. The SMILES string of the molecule is COc1ccc2cc1Oc1cc3c(cc1OC)CCN(C(C)=O)[C@@H]3Cc1ccc(cc1)Oc1c3c(cc4c1[C@H](C2)N(C)CC4)OCO3. The van der Waals surface area contributed by atoms with Gasteiger partial charge < -0.3 is 33.3 Å². The molecule has 0 unspecified atom stereocenters. The molecular weight excluding hydrogens is 596 g/mol. The standard InChI is InChI=1S/C38H38N2O7/c1-22(41)40-14-12-25-18-32(43-4)34-20-28(25)29(40)15-23-5-8-27(9-6-23)46-38-36-26(19-35-37(38)45-21-44-35)11-13-39(2)30(36)16-24-7-10-31(42-3)33(17-24)47-34/h5-10,17-20,29-30H,11-16,21H2,1-4H3/t29-,30+/m1/s1. The second-order valence-corrected chi connectivity index (χ2v) is 12.7. The van der Waals surface area contributed by atoms with Crippen molar-refractivity contribution >= 4 is 5.91 Å². The van der Waals surface area contributed by atoms with Gasteiger partial charge in [0.15, 0.2) is 34.5 Å². The molecule has 5 aliphatic heterocycles. The van der Waals surface area contributed by atoms with E-state index in [0.29, 0.717) is 65.4 Å². The van der Waals surface area contributed by atoms with Gasteiger partial charge in [0.2, 0.25) is 18.4 Å². The second kappa shape index (κ2) is 11.7. The van der Waals surface area contributed by atoms with E-state index in [1.807, 2.05) is 35.2 Å². The molecule has 0 saturated carbocycles. The third-order valence-corrected chi connectivity index (χ3v) is 9.98. The van der Waals surface area contributed by atoms with Gasteiger partial charge in [0.05, 0.1) is 20.3 Å². The first-order valence-corrected chi connectivity index (χ1v) is 16.2. The predicted molar refractivity (Wildman–Crippen MR) is 175 cm³/mol. The Labute approximate surface area is 274 Å². The van der Waals surface area contributed by atoms with Crippen LogP contribution in [0.4, 0.5) is 0 Å². The summed E-state index contributed by atoms with van der Waals surface area (Å²) in [6, 6.07) is 20.3. The van der Waals surface area contributed by atoms with Crippen molar-refractivity contribution in [2.45, 2.75) is 44.7 Å². The fourth-order valence-corrected chi connectivity index (χ4v) is 7.53. The molecule has 0 aliphatic carbocycles. The van der Waals surface area contributed by atoms with Crippen LogP contribution >= 0.6 is 0 Å². The van der Waals surface area contributed by atoms with Crippen LogP contribution in [0, 0.1) is 0 Å². The summed E-state index contributed by atoms with van der Waals surface area (Å²) in [7, 11) is 5.46. The molecule has 9 nitrogen and oxygen atoms in total. The summed E-state index contributed by atoms with van der Waals surface area (Å²) in [6.07, 6.45) is 2.95. The lowest BCUT2D eigenvalue weighted by atomic mass is 9.87. The minimum Gasteiger partial charge on any atom is -0.493 e. The van der Waals surface area contributed by atoms with E-state index in [9.17, 15) is 4.79 Å². The molecule has 0 spiro atoms. The zero-order valence-corrected chi connectivity index (χ0v) is 27.1. The molecule has 9 heteroatoms. The molecule has 9 rings (SSSR count). The van der Waals surface area contributed by atoms with Crippen LogP contribution < -0.4 is 28.4 Å². The Bertz CT molecular complexity index is 1870. The molecule has 4 aromatic carbocycles. The van der Waals surface area contributed by atoms with Crippen molar-refractivity contribution in [3.8, 4) is 46.0 Å². The molecule has 0 radical (unpaired) electrons. The fourth-order valence-electron chi connectivity index (χ4n) is 7.53. The van der Waals surface area contributed by atoms with Crippen LogP contribution in [0.5, 0.6) is 46.0 Å². The highest BCUT2D eigenvalue weighted by atomic mass is 16.7. The maximum Gasteiger partial charge on any atom is 0.231 e. The number of methoxy groups -OCH3 is 2. The van der Waals surface area contributed by atoms with Crippen molar-refractivity contribution in [1.29, 1.82) is 0 Å². The quantitative estimate of drug-likeness (QED) is 0.239. The largest absolute Gasteiger partial charge is 0.493 e. The van der Waals surface area contributed by atoms with Gasteiger partial charge in [0.25, 0.3) is 0 Å². The highest BCUT2D eigenvalue weighted by molar-refractivity contribution is 5.74. The van der Waals surface area contributed by atoms with E-state index in [1.165, 1.54) is 5.56 Å². The molecule has 0 N–H and O–H groups in total. The van der Waals surface area contributed by atoms with Crippen LogP contribution in [0.1, 0.15) is 52.4 Å². The monoisotopic (exact) mass is 634 g/mol. The molecular formula is C38H38N2O7. The molecule has 242 valence electrons. The number of ether oxygens (including phenoxy) is 6. The van der Waals surface area contributed by atoms with Crippen LogP contribution in [-0.2, 0) is 30.5 Å². The average Bonchev–Trinajstić information content (AvgIpc) is 3.55. The topological polar surface area (TPSA) is 78.9 Å². The maximum absolute atomic E-state index is 12.9. The van der Waals surface area contributed by atoms with Gasteiger partial charge in [-0.05, 0) is 103 Å². The number of nitrogens with zero attached hydrogens (tertiary/aromatic N) is 2. The fraction of sp³-hybridized carbons (Fsp3) is 0.342. The Balaban J connectivity index is 1.32. The average molecular weight is 635 g/mol. The molecule has 5 aliphatic rings. The first-order chi connectivity index (χ1) is 22.9. The lowest BCUT2D eigenvalue weighted by Crippen LogP contribution is -2.39. The number of carbonyl (C=O) groups excluding carboxylic acids is 1. The van der Waals surface area contributed by atoms with Gasteiger partial charge in [-0.15, -0.1) is 0 Å². The Kier molecular flexibility index (Phi) is 7.36. The smallest absolute Gasteiger partial charge is 0.231 e. The summed E-state index contributed by atoms with van der Waals surface area (Å²) in [4.78, 5) is 17.3. The molecule has 0 saturated heterocycles. The van der Waals surface area contributed by atoms with E-state index in [-0.39, 0.29) is 24.8 Å². The number of benzene rings is 4. The van der Waals surface area contributed by atoms with Gasteiger partial charge in [0, 0.05) is 31.6 Å². The molecule has 6 bridgehead atoms. The zero-order chi connectivity index (χ0) is 32.2. The lowest BCUT2D eigenvalue weighted by molar-refractivity contribution is -0.131. The van der Waals surface area contributed by atoms with Crippen LogP contribution in [0.3, 0.4) is 0 Å². The highest BCUT2D eigenvalue weighted by Crippen LogP contribution is 2.52. The van der Waals surface area contributed by atoms with Crippen molar-refractivity contribution in [1.82, 2.24) is 9.80 Å². The van der Waals surface area contributed by atoms with Gasteiger partial charge in [-0.1, -0.05) is 18.2 Å². The first-order valence-electron chi connectivity index (χ1n) is 16.2. The molecule has 1 amide bonds. The molecule has 0 aromatic heterocycles. The van der Waals surface area contributed by atoms with Crippen molar-refractivity contribution < 1.29 is 33.2 Å². The Morgan fingerprint density at radius 3 is 2.28 bits per heavy atom. The molecule has 4 aromatic rings. The van der Waals surface area contributed by atoms with E-state index in [1.54, 1.807) is 21.1 Å². The van der Waals surface area contributed by atoms with Crippen LogP contribution in [0.15, 0.2) is 60.7 Å². The Hall–Kier alpha value is -4.89. The summed E-state index contributed by atoms with van der Waals surface area (Å²) in [5.74, 6) is 5.25. The van der Waals surface area contributed by atoms with Gasteiger partial charge in [-0.3, -0.25) is 9.69 Å². The van der Waals surface area contributed by atoms with Crippen LogP contribution in [0.25, 0.3) is 0 Å². The molecule has 47 heavy (non-hydrogen) atoms. The second-order valence-electron chi connectivity index (χ2n) is 12.7. The number of rotatable bonds is 2. The molecule has 2 atom stereocenters. The number of carbonyl (C=O) groups is 1. The third-order valence-electron chi connectivity index (χ3n) is 9.98. The minimum absolute atomic E-state index is 0.0132. The summed E-state index contributed by atoms with van der Waals surface area (Å²) >= 11 is 0. The van der Waals surface area contributed by atoms with E-state index in [0.717, 1.165) is 47.2 Å². The highest BCUT2D eigenvalue weighted by Gasteiger charge is 2.36. The normalized spacial score (nSPS) is 19.5. The maximum atomic E-state index is 12.9. The summed E-state index contributed by atoms with van der Waals surface area (Å²) in [6.45, 7) is 3.33. The van der Waals surface area contributed by atoms with Gasteiger partial charge >= 0.3 is 0 Å². The number of fused-ring (bicyclic) bond motifs is 3. The van der Waals surface area contributed by atoms with Gasteiger partial charge in [-0.25, -0.2) is 0 Å². The van der Waals surface area contributed by atoms with Crippen molar-refractivity contribution in [3.05, 3.63) is 94.0 Å². The van der Waals surface area contributed by atoms with Gasteiger partial charge in [0.1, 0.15) is 5.75 Å². The van der Waals surface area contributed by atoms with E-state index >= 15 is 0 Å². The molecule has 0 fully saturated rings. The zero-order valence-electron chi connectivity index (χ0n) is 27.1. The number of hydrogen-bond donors (Lipinski definition) is 0. The van der Waals surface area contributed by atoms with Crippen molar-refractivity contribution in [3.63, 3.8) is 0 Å². The number of likely N-dealkylation sites (N-methyl/N-ethyl adjacent to an activating group) is 1. The van der Waals surface area contributed by atoms with E-state index in [4.69, 9.17) is 28.4 Å². The van der Waals surface area contributed by atoms with Gasteiger partial charge in [-0.2, -0.15) is 0 Å². The summed E-state index contributed by atoms with van der Waals surface area (Å²) < 4.78 is 36.9. The van der Waals surface area contributed by atoms with E-state index < -0.39 is 0 Å². The number of amides is 1. The summed E-state index contributed by atoms with van der Waals surface area (Å²) in [5.41, 5.74) is 6.67. The first kappa shape index (κ1) is 29.5. The minimum atomic E-state index is -0.172. The van der Waals surface area contributed by atoms with E-state index in [2.05, 4.69) is 42.3 Å².